The molecule has 0 spiro atoms. The zero-order chi connectivity index (χ0) is 17.0. The molecule has 0 aliphatic heterocycles. The fourth-order valence-corrected chi connectivity index (χ4v) is 2.70. The number of Topliss-reactive ketones (excluding diaryl/α,β-unsaturated/α-hetero) is 1. The lowest BCUT2D eigenvalue weighted by Crippen LogP contribution is -2.12. The lowest BCUT2D eigenvalue weighted by atomic mass is 9.85. The number of ketones is 1. The van der Waals surface area contributed by atoms with Crippen molar-refractivity contribution in [1.82, 2.24) is 4.98 Å². The first-order valence-corrected chi connectivity index (χ1v) is 7.65. The number of nitrogens with zero attached hydrogens (tertiary/aromatic N) is 1. The normalized spacial score (nSPS) is 13.9. The number of carbonyl (C=O) groups is 1. The summed E-state index contributed by atoms with van der Waals surface area (Å²) in [6, 6.07) is 7.79. The highest BCUT2D eigenvalue weighted by atomic mass is 19.4. The third-order valence-corrected chi connectivity index (χ3v) is 3.67. The molecule has 2 aromatic rings. The Hall–Kier alpha value is -2.17. The molecule has 0 amide bonds. The highest BCUT2D eigenvalue weighted by Crippen LogP contribution is 2.34. The van der Waals surface area contributed by atoms with E-state index in [1.54, 1.807) is 24.3 Å². The Bertz CT molecular complexity index is 708. The first-order chi connectivity index (χ1) is 11.0. The van der Waals surface area contributed by atoms with E-state index in [9.17, 15) is 18.0 Å². The molecule has 3 rings (SSSR count). The molecule has 2 nitrogen and oxygen atoms in total. The average Bonchev–Trinajstić information content (AvgIpc) is 2.56. The van der Waals surface area contributed by atoms with E-state index in [0.717, 1.165) is 24.2 Å². The number of halogens is 3. The Morgan fingerprint density at radius 1 is 1.04 bits per heavy atom. The van der Waals surface area contributed by atoms with Gasteiger partial charge in [-0.1, -0.05) is 32.0 Å². The Labute approximate surface area is 133 Å². The minimum absolute atomic E-state index is 0.0585. The molecule has 0 atom stereocenters. The maximum Gasteiger partial charge on any atom is 0.433 e. The number of aromatic nitrogens is 1. The van der Waals surface area contributed by atoms with E-state index in [4.69, 9.17) is 0 Å². The Morgan fingerprint density at radius 2 is 1.74 bits per heavy atom. The van der Waals surface area contributed by atoms with E-state index < -0.39 is 11.9 Å². The molecule has 1 aromatic carbocycles. The minimum Gasteiger partial charge on any atom is -0.294 e. The van der Waals surface area contributed by atoms with Gasteiger partial charge in [0.2, 0.25) is 0 Å². The van der Waals surface area contributed by atoms with Gasteiger partial charge in [0.25, 0.3) is 0 Å². The smallest absolute Gasteiger partial charge is 0.294 e. The van der Waals surface area contributed by atoms with E-state index >= 15 is 0 Å². The first kappa shape index (κ1) is 17.2. The van der Waals surface area contributed by atoms with Gasteiger partial charge in [0, 0.05) is 18.2 Å². The van der Waals surface area contributed by atoms with Crippen LogP contribution in [-0.2, 0) is 12.6 Å². The fraction of sp³-hybridized carbons (Fsp3) is 0.333. The van der Waals surface area contributed by atoms with Crippen LogP contribution in [0.3, 0.4) is 0 Å². The van der Waals surface area contributed by atoms with Crippen LogP contribution in [0.15, 0.2) is 36.5 Å². The predicted molar refractivity (Wildman–Crippen MR) is 83.3 cm³/mol. The number of hydrogen-bond donors (Lipinski definition) is 0. The van der Waals surface area contributed by atoms with E-state index in [-0.39, 0.29) is 5.78 Å². The van der Waals surface area contributed by atoms with E-state index in [1.165, 1.54) is 0 Å². The van der Waals surface area contributed by atoms with Crippen LogP contribution in [0.25, 0.3) is 11.1 Å². The Morgan fingerprint density at radius 3 is 2.43 bits per heavy atom. The monoisotopic (exact) mass is 321 g/mol. The van der Waals surface area contributed by atoms with Crippen LogP contribution in [0.4, 0.5) is 13.2 Å². The zero-order valence-electron chi connectivity index (χ0n) is 13.1. The lowest BCUT2D eigenvalue weighted by Gasteiger charge is -2.19. The summed E-state index contributed by atoms with van der Waals surface area (Å²) in [5, 5.41) is 0. The van der Waals surface area contributed by atoms with E-state index in [0.29, 0.717) is 29.5 Å². The second-order valence-corrected chi connectivity index (χ2v) is 5.04. The Kier molecular flexibility index (Phi) is 5.19. The van der Waals surface area contributed by atoms with Crippen molar-refractivity contribution in [3.63, 3.8) is 0 Å². The molecule has 1 aliphatic rings. The molecular formula is C18H18F3NO. The molecule has 122 valence electrons. The second kappa shape index (κ2) is 6.94. The van der Waals surface area contributed by atoms with Crippen molar-refractivity contribution in [2.24, 2.45) is 0 Å². The van der Waals surface area contributed by atoms with Gasteiger partial charge in [-0.05, 0) is 41.7 Å². The van der Waals surface area contributed by atoms with Crippen molar-refractivity contribution in [3.05, 3.63) is 53.3 Å². The number of fused-ring (bicyclic) bond motifs is 1. The van der Waals surface area contributed by atoms with Gasteiger partial charge >= 0.3 is 6.18 Å². The quantitative estimate of drug-likeness (QED) is 0.712. The van der Waals surface area contributed by atoms with Crippen molar-refractivity contribution < 1.29 is 18.0 Å². The number of hydrogen-bond acceptors (Lipinski definition) is 2. The van der Waals surface area contributed by atoms with Crippen molar-refractivity contribution in [3.8, 4) is 11.1 Å². The molecule has 5 heteroatoms. The largest absolute Gasteiger partial charge is 0.433 e. The summed E-state index contributed by atoms with van der Waals surface area (Å²) >= 11 is 0. The number of benzene rings is 1. The molecule has 0 unspecified atom stereocenters. The van der Waals surface area contributed by atoms with Crippen LogP contribution < -0.4 is 0 Å². The number of alkyl halides is 3. The molecular weight excluding hydrogens is 303 g/mol. The van der Waals surface area contributed by atoms with Gasteiger partial charge in [0.15, 0.2) is 5.78 Å². The van der Waals surface area contributed by atoms with Crippen LogP contribution in [0.2, 0.25) is 0 Å². The third-order valence-electron chi connectivity index (χ3n) is 3.67. The highest BCUT2D eigenvalue weighted by molar-refractivity contribution is 6.00. The summed E-state index contributed by atoms with van der Waals surface area (Å²) in [6.45, 7) is 4.00. The van der Waals surface area contributed by atoms with E-state index in [1.807, 2.05) is 13.8 Å². The summed E-state index contributed by atoms with van der Waals surface area (Å²) in [6.07, 6.45) is -1.37. The number of pyridine rings is 1. The summed E-state index contributed by atoms with van der Waals surface area (Å²) in [5.74, 6) is 0.0585. The van der Waals surface area contributed by atoms with E-state index in [2.05, 4.69) is 4.98 Å². The molecule has 0 fully saturated rings. The minimum atomic E-state index is -4.47. The molecule has 0 saturated heterocycles. The molecule has 0 bridgehead atoms. The topological polar surface area (TPSA) is 30.0 Å². The molecule has 0 radical (unpaired) electrons. The SMILES string of the molecule is CC.O=C1CCCc2c1cccc2-c1ccnc(C(F)(F)F)c1. The van der Waals surface area contributed by atoms with Crippen molar-refractivity contribution in [2.45, 2.75) is 39.3 Å². The predicted octanol–water partition coefficient (Wildman–Crippen LogP) is 5.31. The van der Waals surface area contributed by atoms with Crippen LogP contribution in [0.5, 0.6) is 0 Å². The summed E-state index contributed by atoms with van der Waals surface area (Å²) in [7, 11) is 0. The maximum absolute atomic E-state index is 12.8. The van der Waals surface area contributed by atoms with Gasteiger partial charge in [-0.3, -0.25) is 9.78 Å². The standard InChI is InChI=1S/C16H12F3NO.C2H6/c17-16(18,19)15-9-10(7-8-20-15)11-3-1-5-13-12(11)4-2-6-14(13)21;1-2/h1,3,5,7-9H,2,4,6H2;1-2H3. The van der Waals surface area contributed by atoms with Gasteiger partial charge in [-0.2, -0.15) is 13.2 Å². The zero-order valence-corrected chi connectivity index (χ0v) is 13.1. The van der Waals surface area contributed by atoms with Crippen LogP contribution in [-0.4, -0.2) is 10.8 Å². The van der Waals surface area contributed by atoms with Gasteiger partial charge in [-0.15, -0.1) is 0 Å². The lowest BCUT2D eigenvalue weighted by molar-refractivity contribution is -0.141. The summed E-state index contributed by atoms with van der Waals surface area (Å²) in [5.41, 5.74) is 1.69. The van der Waals surface area contributed by atoms with Crippen molar-refractivity contribution >= 4 is 5.78 Å². The highest BCUT2D eigenvalue weighted by Gasteiger charge is 2.32. The molecule has 1 heterocycles. The molecule has 1 aromatic heterocycles. The van der Waals surface area contributed by atoms with Crippen LogP contribution >= 0.6 is 0 Å². The van der Waals surface area contributed by atoms with Crippen LogP contribution in [0.1, 0.15) is 48.3 Å². The van der Waals surface area contributed by atoms with Gasteiger partial charge in [0.1, 0.15) is 5.69 Å². The molecule has 0 saturated carbocycles. The number of carbonyl (C=O) groups excluding carboxylic acids is 1. The number of rotatable bonds is 1. The second-order valence-electron chi connectivity index (χ2n) is 5.04. The Balaban J connectivity index is 0.000000924. The van der Waals surface area contributed by atoms with Gasteiger partial charge < -0.3 is 0 Å². The van der Waals surface area contributed by atoms with Gasteiger partial charge in [0.05, 0.1) is 0 Å². The summed E-state index contributed by atoms with van der Waals surface area (Å²) < 4.78 is 38.3. The molecule has 1 aliphatic carbocycles. The molecule has 23 heavy (non-hydrogen) atoms. The van der Waals surface area contributed by atoms with Crippen LogP contribution in [0, 0.1) is 0 Å². The molecule has 0 N–H and O–H groups in total. The summed E-state index contributed by atoms with van der Waals surface area (Å²) in [4.78, 5) is 15.3. The maximum atomic E-state index is 12.8. The average molecular weight is 321 g/mol. The first-order valence-electron chi connectivity index (χ1n) is 7.65. The third kappa shape index (κ3) is 3.60. The van der Waals surface area contributed by atoms with Gasteiger partial charge in [-0.25, -0.2) is 0 Å². The van der Waals surface area contributed by atoms with Crippen molar-refractivity contribution in [1.29, 1.82) is 0 Å². The fourth-order valence-electron chi connectivity index (χ4n) is 2.70. The van der Waals surface area contributed by atoms with Crippen molar-refractivity contribution in [2.75, 3.05) is 0 Å².